The Kier molecular flexibility index (Phi) is 4.47. The Hall–Kier alpha value is -2.55. The van der Waals surface area contributed by atoms with Crippen LogP contribution >= 0.6 is 0 Å². The van der Waals surface area contributed by atoms with Crippen LogP contribution in [0.1, 0.15) is 30.9 Å². The molecule has 0 amide bonds. The molecule has 1 aromatic heterocycles. The molecule has 0 saturated carbocycles. The van der Waals surface area contributed by atoms with E-state index in [1.165, 1.54) is 5.56 Å². The number of hydrogen-bond acceptors (Lipinski definition) is 1. The third-order valence-electron chi connectivity index (χ3n) is 4.12. The van der Waals surface area contributed by atoms with Crippen LogP contribution in [0.4, 0.5) is 0 Å². The molecule has 1 heterocycles. The monoisotopic (exact) mass is 306 g/mol. The van der Waals surface area contributed by atoms with Gasteiger partial charge in [-0.05, 0) is 37.5 Å². The van der Waals surface area contributed by atoms with Crippen LogP contribution in [0.3, 0.4) is 0 Å². The lowest BCUT2D eigenvalue weighted by Crippen LogP contribution is -2.17. The molecule has 0 aliphatic rings. The number of aryl methyl sites for hydroxylation is 1. The highest BCUT2D eigenvalue weighted by Crippen LogP contribution is 2.22. The van der Waals surface area contributed by atoms with E-state index in [0.717, 1.165) is 41.8 Å². The van der Waals surface area contributed by atoms with Gasteiger partial charge in [0.2, 0.25) is 0 Å². The van der Waals surface area contributed by atoms with E-state index in [0.29, 0.717) is 0 Å². The second kappa shape index (κ2) is 6.69. The van der Waals surface area contributed by atoms with Crippen LogP contribution in [0.15, 0.2) is 59.4 Å². The fraction of sp³-hybridized carbons (Fsp3) is 0.250. The zero-order chi connectivity index (χ0) is 16.2. The van der Waals surface area contributed by atoms with Crippen molar-refractivity contribution in [3.05, 3.63) is 76.1 Å². The number of hydrogen-bond donors (Lipinski definition) is 1. The summed E-state index contributed by atoms with van der Waals surface area (Å²) in [6, 6.07) is 18.0. The number of benzene rings is 2. The van der Waals surface area contributed by atoms with Crippen molar-refractivity contribution in [2.24, 2.45) is 0 Å². The number of nitrogens with one attached hydrogen (secondary N) is 1. The van der Waals surface area contributed by atoms with Gasteiger partial charge in [-0.15, -0.1) is 0 Å². The fourth-order valence-electron chi connectivity index (χ4n) is 2.78. The summed E-state index contributed by atoms with van der Waals surface area (Å²) in [5.74, 6) is 0. The summed E-state index contributed by atoms with van der Waals surface area (Å²) in [5.41, 5.74) is 5.02. The lowest BCUT2D eigenvalue weighted by atomic mass is 10.0. The standard InChI is InChI=1S/C20H22N2O/c1-3-4-10-18-19(16-13-11-15(2)12-14-16)21-22(20(18)23)17-8-6-5-7-9-17/h5-9,11-14,21H,3-4,10H2,1-2H3. The molecule has 118 valence electrons. The third kappa shape index (κ3) is 3.14. The zero-order valence-electron chi connectivity index (χ0n) is 13.7. The first kappa shape index (κ1) is 15.3. The summed E-state index contributed by atoms with van der Waals surface area (Å²) >= 11 is 0. The fourth-order valence-corrected chi connectivity index (χ4v) is 2.78. The van der Waals surface area contributed by atoms with Crippen molar-refractivity contribution in [3.63, 3.8) is 0 Å². The molecule has 0 atom stereocenters. The van der Waals surface area contributed by atoms with Crippen LogP contribution in [-0.4, -0.2) is 9.78 Å². The molecule has 0 fully saturated rings. The highest BCUT2D eigenvalue weighted by Gasteiger charge is 2.16. The summed E-state index contributed by atoms with van der Waals surface area (Å²) in [7, 11) is 0. The van der Waals surface area contributed by atoms with Gasteiger partial charge >= 0.3 is 0 Å². The largest absolute Gasteiger partial charge is 0.290 e. The van der Waals surface area contributed by atoms with E-state index in [-0.39, 0.29) is 5.56 Å². The molecule has 0 aliphatic carbocycles. The number of unbranched alkanes of at least 4 members (excludes halogenated alkanes) is 1. The predicted octanol–water partition coefficient (Wildman–Crippen LogP) is 4.48. The molecule has 0 unspecified atom stereocenters. The van der Waals surface area contributed by atoms with E-state index in [4.69, 9.17) is 0 Å². The molecule has 0 saturated heterocycles. The van der Waals surface area contributed by atoms with E-state index in [2.05, 4.69) is 43.2 Å². The van der Waals surface area contributed by atoms with E-state index in [1.807, 2.05) is 30.3 Å². The second-order valence-corrected chi connectivity index (χ2v) is 5.91. The molecule has 0 bridgehead atoms. The van der Waals surface area contributed by atoms with Gasteiger partial charge in [-0.25, -0.2) is 4.68 Å². The van der Waals surface area contributed by atoms with Crippen molar-refractivity contribution in [1.82, 2.24) is 9.78 Å². The number of nitrogens with zero attached hydrogens (tertiary/aromatic N) is 1. The highest BCUT2D eigenvalue weighted by molar-refractivity contribution is 5.63. The summed E-state index contributed by atoms with van der Waals surface area (Å²) in [5, 5.41) is 3.32. The van der Waals surface area contributed by atoms with Crippen molar-refractivity contribution in [2.45, 2.75) is 33.1 Å². The van der Waals surface area contributed by atoms with Crippen LogP contribution in [-0.2, 0) is 6.42 Å². The molecule has 3 rings (SSSR count). The Balaban J connectivity index is 2.14. The van der Waals surface area contributed by atoms with Gasteiger partial charge in [0.05, 0.1) is 11.4 Å². The first-order chi connectivity index (χ1) is 11.2. The molecule has 0 spiro atoms. The Morgan fingerprint density at radius 3 is 2.35 bits per heavy atom. The molecular formula is C20H22N2O. The van der Waals surface area contributed by atoms with Crippen LogP contribution in [0.2, 0.25) is 0 Å². The molecule has 23 heavy (non-hydrogen) atoms. The molecule has 0 aliphatic heterocycles. The number of para-hydroxylation sites is 1. The minimum Gasteiger partial charge on any atom is -0.290 e. The Labute approximate surface area is 136 Å². The lowest BCUT2D eigenvalue weighted by molar-refractivity contribution is 0.786. The molecule has 1 N–H and O–H groups in total. The number of rotatable bonds is 5. The van der Waals surface area contributed by atoms with Gasteiger partial charge in [0.25, 0.3) is 5.56 Å². The highest BCUT2D eigenvalue weighted by atomic mass is 16.1. The maximum Gasteiger partial charge on any atom is 0.275 e. The molecule has 3 heteroatoms. The zero-order valence-corrected chi connectivity index (χ0v) is 13.7. The molecular weight excluding hydrogens is 284 g/mol. The van der Waals surface area contributed by atoms with Crippen molar-refractivity contribution in [1.29, 1.82) is 0 Å². The van der Waals surface area contributed by atoms with Gasteiger partial charge in [0.15, 0.2) is 0 Å². The minimum atomic E-state index is 0.0558. The van der Waals surface area contributed by atoms with Crippen molar-refractivity contribution in [2.75, 3.05) is 0 Å². The minimum absolute atomic E-state index is 0.0558. The van der Waals surface area contributed by atoms with Crippen molar-refractivity contribution in [3.8, 4) is 16.9 Å². The quantitative estimate of drug-likeness (QED) is 0.741. The first-order valence-electron chi connectivity index (χ1n) is 8.17. The van der Waals surface area contributed by atoms with Gasteiger partial charge in [-0.3, -0.25) is 9.89 Å². The topological polar surface area (TPSA) is 37.8 Å². The summed E-state index contributed by atoms with van der Waals surface area (Å²) in [4.78, 5) is 12.9. The Morgan fingerprint density at radius 2 is 1.70 bits per heavy atom. The second-order valence-electron chi connectivity index (χ2n) is 5.91. The Morgan fingerprint density at radius 1 is 1.00 bits per heavy atom. The first-order valence-corrected chi connectivity index (χ1v) is 8.17. The number of H-pyrrole nitrogens is 1. The number of aromatic nitrogens is 2. The normalized spacial score (nSPS) is 10.9. The lowest BCUT2D eigenvalue weighted by Gasteiger charge is -2.03. The average Bonchev–Trinajstić information content (AvgIpc) is 2.91. The van der Waals surface area contributed by atoms with Crippen LogP contribution in [0, 0.1) is 6.92 Å². The van der Waals surface area contributed by atoms with E-state index >= 15 is 0 Å². The maximum atomic E-state index is 12.9. The van der Waals surface area contributed by atoms with E-state index < -0.39 is 0 Å². The van der Waals surface area contributed by atoms with E-state index in [1.54, 1.807) is 4.68 Å². The summed E-state index contributed by atoms with van der Waals surface area (Å²) < 4.78 is 1.65. The maximum absolute atomic E-state index is 12.9. The molecule has 3 aromatic rings. The van der Waals surface area contributed by atoms with Crippen molar-refractivity contribution >= 4 is 0 Å². The van der Waals surface area contributed by atoms with Crippen LogP contribution in [0.25, 0.3) is 16.9 Å². The third-order valence-corrected chi connectivity index (χ3v) is 4.12. The van der Waals surface area contributed by atoms with Gasteiger partial charge < -0.3 is 0 Å². The van der Waals surface area contributed by atoms with Crippen LogP contribution < -0.4 is 5.56 Å². The van der Waals surface area contributed by atoms with E-state index in [9.17, 15) is 4.79 Å². The van der Waals surface area contributed by atoms with Gasteiger partial charge in [-0.1, -0.05) is 61.4 Å². The van der Waals surface area contributed by atoms with Crippen LogP contribution in [0.5, 0.6) is 0 Å². The van der Waals surface area contributed by atoms with Gasteiger partial charge in [-0.2, -0.15) is 0 Å². The van der Waals surface area contributed by atoms with Crippen molar-refractivity contribution < 1.29 is 0 Å². The molecule has 2 aromatic carbocycles. The molecule has 0 radical (unpaired) electrons. The smallest absolute Gasteiger partial charge is 0.275 e. The Bertz CT molecular complexity index is 826. The summed E-state index contributed by atoms with van der Waals surface area (Å²) in [6.07, 6.45) is 2.89. The van der Waals surface area contributed by atoms with Gasteiger partial charge in [0, 0.05) is 5.56 Å². The number of aromatic amines is 1. The van der Waals surface area contributed by atoms with Gasteiger partial charge in [0.1, 0.15) is 0 Å². The summed E-state index contributed by atoms with van der Waals surface area (Å²) in [6.45, 7) is 4.22. The predicted molar refractivity (Wildman–Crippen MR) is 95.2 cm³/mol. The SMILES string of the molecule is CCCCc1c(-c2ccc(C)cc2)[nH]n(-c2ccccc2)c1=O. The average molecular weight is 306 g/mol. The molecule has 3 nitrogen and oxygen atoms in total.